The zero-order valence-corrected chi connectivity index (χ0v) is 12.2. The summed E-state index contributed by atoms with van der Waals surface area (Å²) < 4.78 is 0. The van der Waals surface area contributed by atoms with E-state index in [1.54, 1.807) is 0 Å². The van der Waals surface area contributed by atoms with Gasteiger partial charge in [-0.25, -0.2) is 9.97 Å². The fourth-order valence-electron chi connectivity index (χ4n) is 2.46. The standard InChI is InChI=1S/C18H17N3/c1-12-8-13(2)10-15(9-12)18-20-16(11-17(19)21-18)14-6-4-3-5-7-14/h3-11H,1-2H3,(H2,19,20,21). The van der Waals surface area contributed by atoms with Crippen LogP contribution in [0.5, 0.6) is 0 Å². The molecule has 0 aliphatic rings. The van der Waals surface area contributed by atoms with Crippen molar-refractivity contribution in [3.8, 4) is 22.6 Å². The maximum absolute atomic E-state index is 5.96. The molecule has 0 bridgehead atoms. The number of aromatic nitrogens is 2. The van der Waals surface area contributed by atoms with E-state index in [-0.39, 0.29) is 0 Å². The molecule has 2 aromatic carbocycles. The molecule has 0 saturated carbocycles. The molecular formula is C18H17N3. The predicted molar refractivity (Wildman–Crippen MR) is 86.8 cm³/mol. The van der Waals surface area contributed by atoms with E-state index in [1.807, 2.05) is 36.4 Å². The number of anilines is 1. The molecule has 0 radical (unpaired) electrons. The summed E-state index contributed by atoms with van der Waals surface area (Å²) in [5.41, 5.74) is 11.2. The molecule has 0 spiro atoms. The monoisotopic (exact) mass is 275 g/mol. The maximum Gasteiger partial charge on any atom is 0.162 e. The average Bonchev–Trinajstić information content (AvgIpc) is 2.46. The van der Waals surface area contributed by atoms with Crippen LogP contribution in [0, 0.1) is 13.8 Å². The van der Waals surface area contributed by atoms with Crippen molar-refractivity contribution in [2.45, 2.75) is 13.8 Å². The number of rotatable bonds is 2. The number of hydrogen-bond acceptors (Lipinski definition) is 3. The summed E-state index contributed by atoms with van der Waals surface area (Å²) in [5, 5.41) is 0. The molecule has 0 unspecified atom stereocenters. The number of hydrogen-bond donors (Lipinski definition) is 1. The molecule has 1 heterocycles. The first-order chi connectivity index (χ1) is 10.1. The minimum absolute atomic E-state index is 0.484. The molecule has 1 aromatic heterocycles. The molecule has 0 fully saturated rings. The van der Waals surface area contributed by atoms with Crippen molar-refractivity contribution in [3.05, 3.63) is 65.7 Å². The summed E-state index contributed by atoms with van der Waals surface area (Å²) in [7, 11) is 0. The SMILES string of the molecule is Cc1cc(C)cc(-c2nc(N)cc(-c3ccccc3)n2)c1. The first-order valence-electron chi connectivity index (χ1n) is 6.90. The molecule has 3 aromatic rings. The summed E-state index contributed by atoms with van der Waals surface area (Å²) in [5.74, 6) is 1.15. The van der Waals surface area contributed by atoms with Crippen LogP contribution in [0.1, 0.15) is 11.1 Å². The maximum atomic E-state index is 5.96. The van der Waals surface area contributed by atoms with E-state index in [0.29, 0.717) is 11.6 Å². The highest BCUT2D eigenvalue weighted by atomic mass is 14.9. The molecule has 0 aliphatic heterocycles. The van der Waals surface area contributed by atoms with Gasteiger partial charge in [-0.2, -0.15) is 0 Å². The summed E-state index contributed by atoms with van der Waals surface area (Å²) in [4.78, 5) is 9.04. The van der Waals surface area contributed by atoms with E-state index in [0.717, 1.165) is 16.8 Å². The normalized spacial score (nSPS) is 10.6. The number of aryl methyl sites for hydroxylation is 2. The van der Waals surface area contributed by atoms with Crippen LogP contribution >= 0.6 is 0 Å². The number of nitrogen functional groups attached to an aromatic ring is 1. The zero-order valence-electron chi connectivity index (χ0n) is 12.2. The van der Waals surface area contributed by atoms with E-state index in [9.17, 15) is 0 Å². The Morgan fingerprint density at radius 3 is 2.10 bits per heavy atom. The number of benzene rings is 2. The first-order valence-corrected chi connectivity index (χ1v) is 6.90. The summed E-state index contributed by atoms with van der Waals surface area (Å²) in [6.45, 7) is 4.14. The average molecular weight is 275 g/mol. The molecule has 0 aliphatic carbocycles. The Morgan fingerprint density at radius 2 is 1.43 bits per heavy atom. The lowest BCUT2D eigenvalue weighted by molar-refractivity contribution is 1.18. The van der Waals surface area contributed by atoms with Crippen molar-refractivity contribution in [2.24, 2.45) is 0 Å². The van der Waals surface area contributed by atoms with Gasteiger partial charge >= 0.3 is 0 Å². The van der Waals surface area contributed by atoms with Crippen molar-refractivity contribution in [1.82, 2.24) is 9.97 Å². The molecule has 104 valence electrons. The molecule has 2 N–H and O–H groups in total. The smallest absolute Gasteiger partial charge is 0.162 e. The van der Waals surface area contributed by atoms with Gasteiger partial charge < -0.3 is 5.73 Å². The molecular weight excluding hydrogens is 258 g/mol. The molecule has 3 heteroatoms. The Morgan fingerprint density at radius 1 is 0.762 bits per heavy atom. The second-order valence-corrected chi connectivity index (χ2v) is 5.24. The van der Waals surface area contributed by atoms with Crippen molar-refractivity contribution in [1.29, 1.82) is 0 Å². The number of nitrogens with two attached hydrogens (primary N) is 1. The van der Waals surface area contributed by atoms with Crippen LogP contribution < -0.4 is 5.73 Å². The molecule has 3 nitrogen and oxygen atoms in total. The summed E-state index contributed by atoms with van der Waals surface area (Å²) in [6, 6.07) is 18.1. The highest BCUT2D eigenvalue weighted by Crippen LogP contribution is 2.24. The topological polar surface area (TPSA) is 51.8 Å². The molecule has 0 saturated heterocycles. The van der Waals surface area contributed by atoms with Crippen LogP contribution in [0.3, 0.4) is 0 Å². The minimum Gasteiger partial charge on any atom is -0.384 e. The Hall–Kier alpha value is -2.68. The Bertz CT molecular complexity index is 759. The van der Waals surface area contributed by atoms with Gasteiger partial charge in [0.2, 0.25) is 0 Å². The van der Waals surface area contributed by atoms with E-state index < -0.39 is 0 Å². The third-order valence-corrected chi connectivity index (χ3v) is 3.30. The van der Waals surface area contributed by atoms with Gasteiger partial charge in [0.25, 0.3) is 0 Å². The largest absolute Gasteiger partial charge is 0.384 e. The van der Waals surface area contributed by atoms with Gasteiger partial charge in [0, 0.05) is 17.2 Å². The fourth-order valence-corrected chi connectivity index (χ4v) is 2.46. The van der Waals surface area contributed by atoms with Gasteiger partial charge in [0.15, 0.2) is 5.82 Å². The third kappa shape index (κ3) is 2.92. The fraction of sp³-hybridized carbons (Fsp3) is 0.111. The molecule has 3 rings (SSSR count). The summed E-state index contributed by atoms with van der Waals surface area (Å²) >= 11 is 0. The molecule has 0 atom stereocenters. The highest BCUT2D eigenvalue weighted by molar-refractivity contribution is 5.67. The van der Waals surface area contributed by atoms with Crippen LogP contribution in [0.2, 0.25) is 0 Å². The lowest BCUT2D eigenvalue weighted by Crippen LogP contribution is -1.98. The van der Waals surface area contributed by atoms with Crippen LogP contribution in [0.25, 0.3) is 22.6 Å². The van der Waals surface area contributed by atoms with Gasteiger partial charge in [-0.15, -0.1) is 0 Å². The van der Waals surface area contributed by atoms with E-state index >= 15 is 0 Å². The van der Waals surface area contributed by atoms with Gasteiger partial charge in [0.1, 0.15) is 5.82 Å². The minimum atomic E-state index is 0.484. The zero-order chi connectivity index (χ0) is 14.8. The van der Waals surface area contributed by atoms with Gasteiger partial charge in [-0.05, 0) is 26.0 Å². The quantitative estimate of drug-likeness (QED) is 0.768. The van der Waals surface area contributed by atoms with Gasteiger partial charge in [-0.3, -0.25) is 0 Å². The van der Waals surface area contributed by atoms with Gasteiger partial charge in [0.05, 0.1) is 5.69 Å². The van der Waals surface area contributed by atoms with Crippen LogP contribution in [0.15, 0.2) is 54.6 Å². The van der Waals surface area contributed by atoms with E-state index in [4.69, 9.17) is 5.73 Å². The Labute approximate surface area is 124 Å². The lowest BCUT2D eigenvalue weighted by Gasteiger charge is -2.08. The highest BCUT2D eigenvalue weighted by Gasteiger charge is 2.08. The van der Waals surface area contributed by atoms with Crippen molar-refractivity contribution < 1.29 is 0 Å². The van der Waals surface area contributed by atoms with Crippen molar-refractivity contribution in [3.63, 3.8) is 0 Å². The van der Waals surface area contributed by atoms with Crippen molar-refractivity contribution in [2.75, 3.05) is 5.73 Å². The Balaban J connectivity index is 2.14. The first kappa shape index (κ1) is 13.3. The van der Waals surface area contributed by atoms with Crippen molar-refractivity contribution >= 4 is 5.82 Å². The second kappa shape index (κ2) is 5.37. The van der Waals surface area contributed by atoms with Gasteiger partial charge in [-0.1, -0.05) is 47.5 Å². The van der Waals surface area contributed by atoms with E-state index in [1.165, 1.54) is 11.1 Å². The van der Waals surface area contributed by atoms with Crippen LogP contribution in [-0.4, -0.2) is 9.97 Å². The van der Waals surface area contributed by atoms with Crippen LogP contribution in [-0.2, 0) is 0 Å². The number of nitrogens with zero attached hydrogens (tertiary/aromatic N) is 2. The summed E-state index contributed by atoms with van der Waals surface area (Å²) in [6.07, 6.45) is 0. The van der Waals surface area contributed by atoms with Crippen LogP contribution in [0.4, 0.5) is 5.82 Å². The third-order valence-electron chi connectivity index (χ3n) is 3.30. The lowest BCUT2D eigenvalue weighted by atomic mass is 10.1. The Kier molecular flexibility index (Phi) is 3.40. The predicted octanol–water partition coefficient (Wildman–Crippen LogP) is 4.01. The molecule has 0 amide bonds. The molecule has 21 heavy (non-hydrogen) atoms. The van der Waals surface area contributed by atoms with E-state index in [2.05, 4.69) is 42.0 Å². The second-order valence-electron chi connectivity index (χ2n) is 5.24.